The van der Waals surface area contributed by atoms with Crippen LogP contribution in [0, 0.1) is 13.8 Å². The van der Waals surface area contributed by atoms with Gasteiger partial charge >= 0.3 is 0 Å². The third-order valence-corrected chi connectivity index (χ3v) is 8.15. The van der Waals surface area contributed by atoms with E-state index in [9.17, 15) is 0 Å². The van der Waals surface area contributed by atoms with Crippen molar-refractivity contribution in [2.24, 2.45) is 0 Å². The topological polar surface area (TPSA) is 54.8 Å². The van der Waals surface area contributed by atoms with Crippen LogP contribution in [-0.4, -0.2) is 19.9 Å². The lowest BCUT2D eigenvalue weighted by atomic mass is 9.73. The van der Waals surface area contributed by atoms with Gasteiger partial charge in [0, 0.05) is 16.5 Å². The number of hydrogen-bond donors (Lipinski definition) is 0. The molecule has 5 heteroatoms. The van der Waals surface area contributed by atoms with E-state index in [0.29, 0.717) is 11.2 Å². The van der Waals surface area contributed by atoms with Gasteiger partial charge in [-0.3, -0.25) is 0 Å². The van der Waals surface area contributed by atoms with Gasteiger partial charge in [0.1, 0.15) is 11.8 Å². The normalized spacial score (nSPS) is 12.6. The van der Waals surface area contributed by atoms with Crippen LogP contribution < -0.4 is 4.90 Å². The van der Waals surface area contributed by atoms with Crippen LogP contribution in [0.2, 0.25) is 0 Å². The molecule has 0 spiro atoms. The molecule has 0 N–H and O–H groups in total. The molecule has 0 radical (unpaired) electrons. The summed E-state index contributed by atoms with van der Waals surface area (Å²) >= 11 is 0. The largest absolute Gasteiger partial charge is 0.309 e. The Morgan fingerprint density at radius 2 is 1.24 bits per heavy atom. The highest BCUT2D eigenvalue weighted by molar-refractivity contribution is 5.99. The number of fused-ring (bicyclic) bond motifs is 3. The summed E-state index contributed by atoms with van der Waals surface area (Å²) in [5, 5.41) is 0. The number of anilines is 3. The molecule has 3 heterocycles. The minimum atomic E-state index is -0.135. The number of nitrogens with zero attached hydrogens (tertiary/aromatic N) is 5. The summed E-state index contributed by atoms with van der Waals surface area (Å²) < 4.78 is 0. The van der Waals surface area contributed by atoms with Crippen molar-refractivity contribution in [2.75, 3.05) is 4.90 Å². The summed E-state index contributed by atoms with van der Waals surface area (Å²) in [6.07, 6.45) is 6.81. The van der Waals surface area contributed by atoms with E-state index in [4.69, 9.17) is 4.98 Å². The first-order valence-corrected chi connectivity index (χ1v) is 15.6. The van der Waals surface area contributed by atoms with Crippen LogP contribution in [0.15, 0.2) is 116 Å². The zero-order valence-corrected chi connectivity index (χ0v) is 27.3. The fraction of sp³-hybridized carbons (Fsp3) is 0.200. The van der Waals surface area contributed by atoms with Crippen molar-refractivity contribution < 1.29 is 0 Å². The first-order valence-electron chi connectivity index (χ1n) is 15.6. The number of hydrogen-bond acceptors (Lipinski definition) is 5. The molecule has 4 aromatic carbocycles. The van der Waals surface area contributed by atoms with Gasteiger partial charge in [-0.15, -0.1) is 6.58 Å². The monoisotopic (exact) mass is 591 g/mol. The number of rotatable bonds is 3. The van der Waals surface area contributed by atoms with Crippen molar-refractivity contribution in [3.8, 4) is 22.4 Å². The average Bonchev–Trinajstić information content (AvgIpc) is 3.06. The summed E-state index contributed by atoms with van der Waals surface area (Å²) in [4.78, 5) is 20.6. The van der Waals surface area contributed by atoms with Gasteiger partial charge in [0.15, 0.2) is 5.65 Å². The van der Waals surface area contributed by atoms with Crippen LogP contribution in [0.5, 0.6) is 0 Å². The molecule has 0 fully saturated rings. The number of benzene rings is 4. The Balaban J connectivity index is 0.000000757. The van der Waals surface area contributed by atoms with Crippen LogP contribution in [0.1, 0.15) is 56.9 Å². The lowest BCUT2D eigenvalue weighted by molar-refractivity contribution is 0.632. The summed E-state index contributed by atoms with van der Waals surface area (Å²) in [5.74, 6) is 0. The standard InChI is InChI=1S/C35H29N5.C3H6.C2H6/c1-22-11-9-12-23(2)32(22)33-24(27-20-37-28-19-36-21-38-34(28)39-27)13-10-18-31(33)40-29-16-7-5-14-25(29)35(3,4)26-15-6-8-17-30(26)40;1-3-2;1-2/h5-21H,1-4H3;3H,1H2,2H3;1-2H3. The third kappa shape index (κ3) is 5.62. The van der Waals surface area contributed by atoms with Gasteiger partial charge < -0.3 is 4.90 Å². The van der Waals surface area contributed by atoms with Gasteiger partial charge in [-0.05, 0) is 66.8 Å². The molecule has 5 nitrogen and oxygen atoms in total. The first-order chi connectivity index (χ1) is 21.9. The molecular weight excluding hydrogens is 550 g/mol. The van der Waals surface area contributed by atoms with Crippen LogP contribution in [0.25, 0.3) is 33.5 Å². The number of aryl methyl sites for hydroxylation is 2. The van der Waals surface area contributed by atoms with E-state index in [1.54, 1.807) is 12.3 Å². The lowest BCUT2D eigenvalue weighted by Gasteiger charge is -2.42. The lowest BCUT2D eigenvalue weighted by Crippen LogP contribution is -2.30. The van der Waals surface area contributed by atoms with Crippen molar-refractivity contribution in [2.45, 2.75) is 53.9 Å². The highest BCUT2D eigenvalue weighted by Crippen LogP contribution is 2.54. The SMILES string of the molecule is C=CC.CC.Cc1cccc(C)c1-c1c(-c2cnc3cncnc3n2)cccc1N1c2ccccc2C(C)(C)c2ccccc21. The van der Waals surface area contributed by atoms with E-state index in [2.05, 4.69) is 139 Å². The molecular formula is C40H41N5. The van der Waals surface area contributed by atoms with Gasteiger partial charge in [0.05, 0.1) is 35.1 Å². The number of aromatic nitrogens is 4. The molecule has 0 atom stereocenters. The van der Waals surface area contributed by atoms with E-state index >= 15 is 0 Å². The fourth-order valence-corrected chi connectivity index (χ4v) is 6.24. The summed E-state index contributed by atoms with van der Waals surface area (Å²) in [6, 6.07) is 30.5. The van der Waals surface area contributed by atoms with Crippen molar-refractivity contribution in [1.82, 2.24) is 19.9 Å². The van der Waals surface area contributed by atoms with E-state index in [1.165, 1.54) is 45.5 Å². The Hall–Kier alpha value is -5.16. The molecule has 45 heavy (non-hydrogen) atoms. The maximum atomic E-state index is 4.96. The molecule has 2 aromatic heterocycles. The summed E-state index contributed by atoms with van der Waals surface area (Å²) in [5.41, 5.74) is 13.8. The van der Waals surface area contributed by atoms with E-state index < -0.39 is 0 Å². The van der Waals surface area contributed by atoms with Gasteiger partial charge in [0.25, 0.3) is 0 Å². The van der Waals surface area contributed by atoms with Crippen LogP contribution >= 0.6 is 0 Å². The quantitative estimate of drug-likeness (QED) is 0.192. The smallest absolute Gasteiger partial charge is 0.181 e. The highest BCUT2D eigenvalue weighted by Gasteiger charge is 2.37. The molecule has 0 saturated carbocycles. The minimum absolute atomic E-state index is 0.135. The van der Waals surface area contributed by atoms with Crippen molar-refractivity contribution in [1.29, 1.82) is 0 Å². The molecule has 1 aliphatic rings. The van der Waals surface area contributed by atoms with Gasteiger partial charge in [0.2, 0.25) is 0 Å². The van der Waals surface area contributed by atoms with Gasteiger partial charge in [-0.2, -0.15) is 0 Å². The van der Waals surface area contributed by atoms with Crippen LogP contribution in [0.3, 0.4) is 0 Å². The number of para-hydroxylation sites is 2. The maximum Gasteiger partial charge on any atom is 0.181 e. The third-order valence-electron chi connectivity index (χ3n) is 8.15. The maximum absolute atomic E-state index is 4.96. The zero-order valence-electron chi connectivity index (χ0n) is 27.3. The predicted molar refractivity (Wildman–Crippen MR) is 190 cm³/mol. The molecule has 226 valence electrons. The summed E-state index contributed by atoms with van der Waals surface area (Å²) in [6.45, 7) is 18.3. The average molecular weight is 592 g/mol. The molecule has 0 aliphatic carbocycles. The van der Waals surface area contributed by atoms with Crippen molar-refractivity contribution >= 4 is 28.2 Å². The van der Waals surface area contributed by atoms with Gasteiger partial charge in [-0.1, -0.05) is 101 Å². The predicted octanol–water partition coefficient (Wildman–Crippen LogP) is 10.7. The molecule has 0 saturated heterocycles. The van der Waals surface area contributed by atoms with E-state index in [1.807, 2.05) is 27.0 Å². The van der Waals surface area contributed by atoms with Crippen molar-refractivity contribution in [3.05, 3.63) is 139 Å². The van der Waals surface area contributed by atoms with Gasteiger partial charge in [-0.25, -0.2) is 19.9 Å². The Bertz CT molecular complexity index is 1900. The van der Waals surface area contributed by atoms with E-state index in [0.717, 1.165) is 22.5 Å². The van der Waals surface area contributed by atoms with E-state index in [-0.39, 0.29) is 5.41 Å². The molecule has 6 aromatic rings. The number of allylic oxidation sites excluding steroid dienone is 1. The molecule has 1 aliphatic heterocycles. The second-order valence-electron chi connectivity index (χ2n) is 11.4. The Kier molecular flexibility index (Phi) is 9.19. The van der Waals surface area contributed by atoms with Crippen molar-refractivity contribution in [3.63, 3.8) is 0 Å². The van der Waals surface area contributed by atoms with Crippen LogP contribution in [-0.2, 0) is 5.41 Å². The Morgan fingerprint density at radius 1 is 0.689 bits per heavy atom. The molecule has 7 rings (SSSR count). The molecule has 0 amide bonds. The molecule has 0 unspecified atom stereocenters. The summed E-state index contributed by atoms with van der Waals surface area (Å²) in [7, 11) is 0. The first kappa shape index (κ1) is 31.3. The molecule has 0 bridgehead atoms. The fourth-order valence-electron chi connectivity index (χ4n) is 6.24. The van der Waals surface area contributed by atoms with Crippen LogP contribution in [0.4, 0.5) is 17.1 Å². The highest BCUT2D eigenvalue weighted by atomic mass is 15.2. The zero-order chi connectivity index (χ0) is 32.1. The second-order valence-corrected chi connectivity index (χ2v) is 11.4. The Morgan fingerprint density at radius 3 is 1.87 bits per heavy atom. The minimum Gasteiger partial charge on any atom is -0.309 e. The second kappa shape index (κ2) is 13.2. The Labute approximate surface area is 267 Å².